The van der Waals surface area contributed by atoms with Crippen LogP contribution >= 0.6 is 0 Å². The minimum Gasteiger partial charge on any atom is -0.356 e. The molecule has 82 valence electrons. The predicted octanol–water partition coefficient (Wildman–Crippen LogP) is 1.78. The normalized spacial score (nSPS) is 19.5. The van der Waals surface area contributed by atoms with Gasteiger partial charge in [0.1, 0.15) is 5.82 Å². The zero-order valence-electron chi connectivity index (χ0n) is 9.53. The van der Waals surface area contributed by atoms with E-state index < -0.39 is 0 Å². The van der Waals surface area contributed by atoms with Crippen molar-refractivity contribution >= 4 is 5.82 Å². The van der Waals surface area contributed by atoms with Crippen LogP contribution in [0.1, 0.15) is 25.8 Å². The smallest absolute Gasteiger partial charge is 0.128 e. The predicted molar refractivity (Wildman–Crippen MR) is 62.7 cm³/mol. The Bertz CT molecular complexity index is 346. The van der Waals surface area contributed by atoms with Gasteiger partial charge < -0.3 is 10.6 Å². The van der Waals surface area contributed by atoms with Gasteiger partial charge in [-0.25, -0.2) is 4.98 Å². The maximum atomic E-state index is 5.62. The van der Waals surface area contributed by atoms with E-state index in [1.807, 2.05) is 12.3 Å². The van der Waals surface area contributed by atoms with Crippen molar-refractivity contribution < 1.29 is 0 Å². The standard InChI is InChI=1S/C12H19N3/c1-12(2)4-6-15(9-12)11-7-10(8-13)3-5-14-11/h3,5,7H,4,6,8-9,13H2,1-2H3. The Balaban J connectivity index is 2.16. The van der Waals surface area contributed by atoms with Crippen molar-refractivity contribution in [2.24, 2.45) is 11.1 Å². The van der Waals surface area contributed by atoms with Crippen LogP contribution in [0, 0.1) is 5.41 Å². The highest BCUT2D eigenvalue weighted by Crippen LogP contribution is 2.31. The van der Waals surface area contributed by atoms with Gasteiger partial charge in [-0.15, -0.1) is 0 Å². The van der Waals surface area contributed by atoms with Gasteiger partial charge in [0.25, 0.3) is 0 Å². The largest absolute Gasteiger partial charge is 0.356 e. The number of anilines is 1. The number of pyridine rings is 1. The summed E-state index contributed by atoms with van der Waals surface area (Å²) in [6, 6.07) is 4.08. The first-order valence-corrected chi connectivity index (χ1v) is 5.51. The molecular weight excluding hydrogens is 186 g/mol. The summed E-state index contributed by atoms with van der Waals surface area (Å²) in [5, 5.41) is 0. The highest BCUT2D eigenvalue weighted by molar-refractivity contribution is 5.42. The lowest BCUT2D eigenvalue weighted by atomic mass is 9.93. The van der Waals surface area contributed by atoms with E-state index in [1.165, 1.54) is 6.42 Å². The van der Waals surface area contributed by atoms with Crippen molar-refractivity contribution in [1.29, 1.82) is 0 Å². The van der Waals surface area contributed by atoms with Gasteiger partial charge in [-0.1, -0.05) is 13.8 Å². The zero-order chi connectivity index (χ0) is 10.9. The molecule has 0 saturated carbocycles. The van der Waals surface area contributed by atoms with Crippen LogP contribution in [-0.2, 0) is 6.54 Å². The minimum absolute atomic E-state index is 0.417. The lowest BCUT2D eigenvalue weighted by Gasteiger charge is -2.20. The number of hydrogen-bond acceptors (Lipinski definition) is 3. The van der Waals surface area contributed by atoms with E-state index in [0.29, 0.717) is 12.0 Å². The van der Waals surface area contributed by atoms with Crippen LogP contribution in [0.2, 0.25) is 0 Å². The second-order valence-corrected chi connectivity index (χ2v) is 5.06. The number of nitrogens with two attached hydrogens (primary N) is 1. The number of rotatable bonds is 2. The van der Waals surface area contributed by atoms with Crippen LogP contribution in [0.4, 0.5) is 5.82 Å². The lowest BCUT2D eigenvalue weighted by Crippen LogP contribution is -2.23. The monoisotopic (exact) mass is 205 g/mol. The number of aromatic nitrogens is 1. The molecule has 1 aromatic heterocycles. The van der Waals surface area contributed by atoms with Crippen LogP contribution in [0.25, 0.3) is 0 Å². The molecule has 0 amide bonds. The zero-order valence-corrected chi connectivity index (χ0v) is 9.53. The molecule has 2 heterocycles. The molecule has 15 heavy (non-hydrogen) atoms. The van der Waals surface area contributed by atoms with Crippen LogP contribution in [-0.4, -0.2) is 18.1 Å². The topological polar surface area (TPSA) is 42.1 Å². The Hall–Kier alpha value is -1.09. The molecular formula is C12H19N3. The molecule has 1 saturated heterocycles. The fraction of sp³-hybridized carbons (Fsp3) is 0.583. The summed E-state index contributed by atoms with van der Waals surface area (Å²) in [6.07, 6.45) is 3.09. The first-order chi connectivity index (χ1) is 7.11. The van der Waals surface area contributed by atoms with E-state index in [2.05, 4.69) is 29.8 Å². The van der Waals surface area contributed by atoms with Gasteiger partial charge in [0.15, 0.2) is 0 Å². The molecule has 0 aromatic carbocycles. The fourth-order valence-electron chi connectivity index (χ4n) is 2.07. The third kappa shape index (κ3) is 2.29. The summed E-state index contributed by atoms with van der Waals surface area (Å²) in [4.78, 5) is 6.75. The van der Waals surface area contributed by atoms with E-state index in [0.717, 1.165) is 24.5 Å². The van der Waals surface area contributed by atoms with Gasteiger partial charge >= 0.3 is 0 Å². The highest BCUT2D eigenvalue weighted by Gasteiger charge is 2.29. The summed E-state index contributed by atoms with van der Waals surface area (Å²) in [7, 11) is 0. The Labute approximate surface area is 91.3 Å². The fourth-order valence-corrected chi connectivity index (χ4v) is 2.07. The van der Waals surface area contributed by atoms with E-state index in [1.54, 1.807) is 0 Å². The first kappa shape index (κ1) is 10.4. The van der Waals surface area contributed by atoms with Gasteiger partial charge in [0.05, 0.1) is 0 Å². The quantitative estimate of drug-likeness (QED) is 0.800. The Morgan fingerprint density at radius 3 is 2.93 bits per heavy atom. The molecule has 0 unspecified atom stereocenters. The Morgan fingerprint density at radius 1 is 1.53 bits per heavy atom. The summed E-state index contributed by atoms with van der Waals surface area (Å²) in [5.41, 5.74) is 7.20. The SMILES string of the molecule is CC1(C)CCN(c2cc(CN)ccn2)C1. The number of nitrogens with zero attached hydrogens (tertiary/aromatic N) is 2. The third-order valence-corrected chi connectivity index (χ3v) is 3.05. The molecule has 3 nitrogen and oxygen atoms in total. The molecule has 2 N–H and O–H groups in total. The van der Waals surface area contributed by atoms with Crippen LogP contribution < -0.4 is 10.6 Å². The molecule has 1 aromatic rings. The van der Waals surface area contributed by atoms with Crippen molar-refractivity contribution in [3.8, 4) is 0 Å². The van der Waals surface area contributed by atoms with Crippen LogP contribution in [0.15, 0.2) is 18.3 Å². The molecule has 1 aliphatic rings. The van der Waals surface area contributed by atoms with Crippen molar-refractivity contribution in [3.63, 3.8) is 0 Å². The van der Waals surface area contributed by atoms with Gasteiger partial charge in [-0.3, -0.25) is 0 Å². The second-order valence-electron chi connectivity index (χ2n) is 5.06. The molecule has 0 aliphatic carbocycles. The molecule has 0 radical (unpaired) electrons. The van der Waals surface area contributed by atoms with Gasteiger partial charge in [0, 0.05) is 25.8 Å². The summed E-state index contributed by atoms with van der Waals surface area (Å²) in [6.45, 7) is 7.40. The van der Waals surface area contributed by atoms with Crippen molar-refractivity contribution in [3.05, 3.63) is 23.9 Å². The maximum absolute atomic E-state index is 5.62. The van der Waals surface area contributed by atoms with Gasteiger partial charge in [-0.2, -0.15) is 0 Å². The third-order valence-electron chi connectivity index (χ3n) is 3.05. The first-order valence-electron chi connectivity index (χ1n) is 5.51. The summed E-state index contributed by atoms with van der Waals surface area (Å²) >= 11 is 0. The summed E-state index contributed by atoms with van der Waals surface area (Å²) < 4.78 is 0. The average Bonchev–Trinajstić information content (AvgIpc) is 2.59. The van der Waals surface area contributed by atoms with Crippen LogP contribution in [0.3, 0.4) is 0 Å². The van der Waals surface area contributed by atoms with Gasteiger partial charge in [0.2, 0.25) is 0 Å². The van der Waals surface area contributed by atoms with Crippen molar-refractivity contribution in [2.45, 2.75) is 26.8 Å². The van der Waals surface area contributed by atoms with E-state index >= 15 is 0 Å². The molecule has 0 bridgehead atoms. The van der Waals surface area contributed by atoms with Crippen molar-refractivity contribution in [2.75, 3.05) is 18.0 Å². The molecule has 2 rings (SSSR count). The molecule has 3 heteroatoms. The summed E-state index contributed by atoms with van der Waals surface area (Å²) in [5.74, 6) is 1.07. The molecule has 1 fully saturated rings. The van der Waals surface area contributed by atoms with Crippen LogP contribution in [0.5, 0.6) is 0 Å². The number of hydrogen-bond donors (Lipinski definition) is 1. The lowest BCUT2D eigenvalue weighted by molar-refractivity contribution is 0.418. The van der Waals surface area contributed by atoms with E-state index in [9.17, 15) is 0 Å². The average molecular weight is 205 g/mol. The Kier molecular flexibility index (Phi) is 2.65. The Morgan fingerprint density at radius 2 is 2.33 bits per heavy atom. The van der Waals surface area contributed by atoms with E-state index in [-0.39, 0.29) is 0 Å². The second kappa shape index (κ2) is 3.81. The minimum atomic E-state index is 0.417. The maximum Gasteiger partial charge on any atom is 0.128 e. The van der Waals surface area contributed by atoms with Gasteiger partial charge in [-0.05, 0) is 29.5 Å². The molecule has 0 atom stereocenters. The van der Waals surface area contributed by atoms with Crippen molar-refractivity contribution in [1.82, 2.24) is 4.98 Å². The van der Waals surface area contributed by atoms with E-state index in [4.69, 9.17) is 5.73 Å². The molecule has 0 spiro atoms. The highest BCUT2D eigenvalue weighted by atomic mass is 15.2. The molecule has 1 aliphatic heterocycles.